The second-order valence-electron chi connectivity index (χ2n) is 12.8. The minimum absolute atomic E-state index is 0.110. The molecule has 0 amide bonds. The van der Waals surface area contributed by atoms with Gasteiger partial charge in [-0.3, -0.25) is 9.69 Å². The van der Waals surface area contributed by atoms with Crippen LogP contribution in [0.15, 0.2) is 30.3 Å². The highest BCUT2D eigenvalue weighted by atomic mass is 19.4. The van der Waals surface area contributed by atoms with Crippen molar-refractivity contribution in [3.05, 3.63) is 41.5 Å². The Labute approximate surface area is 230 Å². The number of aliphatic carboxylic acids is 1. The van der Waals surface area contributed by atoms with Crippen molar-refractivity contribution < 1.29 is 27.8 Å². The van der Waals surface area contributed by atoms with Gasteiger partial charge in [0, 0.05) is 12.1 Å². The third-order valence-electron chi connectivity index (χ3n) is 9.18. The van der Waals surface area contributed by atoms with E-state index in [0.29, 0.717) is 55.4 Å². The molecule has 0 atom stereocenters. The topological polar surface area (TPSA) is 49.8 Å². The molecule has 1 N–H and O–H groups in total. The fraction of sp³-hybridized carbons (Fsp3) is 0.656. The number of rotatable bonds is 9. The smallest absolute Gasteiger partial charge is 0.417 e. The van der Waals surface area contributed by atoms with Crippen molar-refractivity contribution in [1.29, 1.82) is 0 Å². The SMILES string of the molecule is CC(C)CCC(C)(C)C1CCC(Oc2cc(C(F)(F)F)c3ccccc3c2CN2CCC(C(=O)O)CC2)CC1. The highest BCUT2D eigenvalue weighted by Crippen LogP contribution is 2.45. The zero-order valence-corrected chi connectivity index (χ0v) is 23.8. The van der Waals surface area contributed by atoms with E-state index in [1.807, 2.05) is 0 Å². The molecular formula is C32H44F3NO3. The lowest BCUT2D eigenvalue weighted by atomic mass is 9.68. The Kier molecular flexibility index (Phi) is 9.19. The molecular weight excluding hydrogens is 503 g/mol. The fourth-order valence-electron chi connectivity index (χ4n) is 6.48. The first kappa shape index (κ1) is 29.7. The Hall–Kier alpha value is -2.28. The van der Waals surface area contributed by atoms with Crippen LogP contribution >= 0.6 is 0 Å². The van der Waals surface area contributed by atoms with Crippen LogP contribution in [-0.2, 0) is 17.5 Å². The summed E-state index contributed by atoms with van der Waals surface area (Å²) in [6.45, 7) is 10.9. The molecule has 0 aromatic heterocycles. The summed E-state index contributed by atoms with van der Waals surface area (Å²) in [5.74, 6) is 0.452. The van der Waals surface area contributed by atoms with Gasteiger partial charge in [-0.05, 0) is 92.1 Å². The first-order valence-corrected chi connectivity index (χ1v) is 14.6. The van der Waals surface area contributed by atoms with E-state index in [2.05, 4.69) is 32.6 Å². The first-order valence-electron chi connectivity index (χ1n) is 14.6. The standard InChI is InChI=1S/C32H44F3NO3/c1-21(2)13-16-31(3,4)23-9-11-24(12-10-23)39-29-19-28(32(33,34)35)26-8-6-5-7-25(26)27(29)20-36-17-14-22(15-18-36)30(37)38/h5-8,19,21-24H,9-18,20H2,1-4H3,(H,37,38). The third kappa shape index (κ3) is 7.27. The Morgan fingerprint density at radius 3 is 2.21 bits per heavy atom. The predicted molar refractivity (Wildman–Crippen MR) is 149 cm³/mol. The number of halogens is 3. The van der Waals surface area contributed by atoms with Crippen LogP contribution in [0.25, 0.3) is 10.8 Å². The fourth-order valence-corrected chi connectivity index (χ4v) is 6.48. The van der Waals surface area contributed by atoms with Gasteiger partial charge < -0.3 is 9.84 Å². The summed E-state index contributed by atoms with van der Waals surface area (Å²) in [7, 11) is 0. The zero-order valence-electron chi connectivity index (χ0n) is 23.8. The van der Waals surface area contributed by atoms with Crippen molar-refractivity contribution in [2.75, 3.05) is 13.1 Å². The maximum Gasteiger partial charge on any atom is 0.417 e. The maximum absolute atomic E-state index is 14.2. The average molecular weight is 548 g/mol. The van der Waals surface area contributed by atoms with Crippen LogP contribution in [0.1, 0.15) is 90.2 Å². The van der Waals surface area contributed by atoms with E-state index in [0.717, 1.165) is 31.2 Å². The molecule has 0 bridgehead atoms. The van der Waals surface area contributed by atoms with E-state index in [4.69, 9.17) is 4.74 Å². The van der Waals surface area contributed by atoms with Crippen LogP contribution in [0.5, 0.6) is 5.75 Å². The molecule has 2 fully saturated rings. The van der Waals surface area contributed by atoms with Crippen molar-refractivity contribution >= 4 is 16.7 Å². The number of carboxylic acid groups (broad SMARTS) is 1. The number of fused-ring (bicyclic) bond motifs is 1. The average Bonchev–Trinajstić information content (AvgIpc) is 2.88. The minimum atomic E-state index is -4.49. The van der Waals surface area contributed by atoms with Crippen molar-refractivity contribution in [2.45, 2.75) is 97.9 Å². The lowest BCUT2D eigenvalue weighted by Gasteiger charge is -2.40. The van der Waals surface area contributed by atoms with Gasteiger partial charge >= 0.3 is 12.1 Å². The molecule has 0 unspecified atom stereocenters. The zero-order chi connectivity index (χ0) is 28.4. The van der Waals surface area contributed by atoms with Gasteiger partial charge in [-0.1, -0.05) is 58.4 Å². The number of carbonyl (C=O) groups is 1. The highest BCUT2D eigenvalue weighted by molar-refractivity contribution is 5.91. The van der Waals surface area contributed by atoms with E-state index >= 15 is 0 Å². The van der Waals surface area contributed by atoms with E-state index in [9.17, 15) is 23.1 Å². The molecule has 4 rings (SSSR count). The summed E-state index contributed by atoms with van der Waals surface area (Å²) in [5, 5.41) is 10.1. The normalized spacial score (nSPS) is 21.9. The van der Waals surface area contributed by atoms with Crippen LogP contribution in [0.4, 0.5) is 13.2 Å². The number of alkyl halides is 3. The van der Waals surface area contributed by atoms with Gasteiger partial charge in [-0.2, -0.15) is 13.2 Å². The Balaban J connectivity index is 1.57. The van der Waals surface area contributed by atoms with Gasteiger partial charge in [-0.15, -0.1) is 0 Å². The molecule has 216 valence electrons. The minimum Gasteiger partial charge on any atom is -0.490 e. The summed E-state index contributed by atoms with van der Waals surface area (Å²) >= 11 is 0. The number of nitrogens with zero attached hydrogens (tertiary/aromatic N) is 1. The molecule has 2 aliphatic rings. The maximum atomic E-state index is 14.2. The summed E-state index contributed by atoms with van der Waals surface area (Å²) in [6.07, 6.45) is 2.59. The van der Waals surface area contributed by atoms with Gasteiger partial charge in [0.1, 0.15) is 5.75 Å². The second kappa shape index (κ2) is 12.1. The molecule has 1 aliphatic carbocycles. The predicted octanol–water partition coefficient (Wildman–Crippen LogP) is 8.56. The molecule has 4 nitrogen and oxygen atoms in total. The van der Waals surface area contributed by atoms with Crippen LogP contribution in [-0.4, -0.2) is 35.2 Å². The lowest BCUT2D eigenvalue weighted by molar-refractivity contribution is -0.143. The molecule has 1 saturated heterocycles. The molecule has 1 heterocycles. The molecule has 0 radical (unpaired) electrons. The van der Waals surface area contributed by atoms with Crippen molar-refractivity contribution in [1.82, 2.24) is 4.90 Å². The van der Waals surface area contributed by atoms with Crippen LogP contribution in [0.2, 0.25) is 0 Å². The van der Waals surface area contributed by atoms with Crippen molar-refractivity contribution in [3.8, 4) is 5.75 Å². The summed E-state index contributed by atoms with van der Waals surface area (Å²) < 4.78 is 49.0. The van der Waals surface area contributed by atoms with E-state index in [1.165, 1.54) is 25.0 Å². The quantitative estimate of drug-likeness (QED) is 0.342. The number of ether oxygens (including phenoxy) is 1. The summed E-state index contributed by atoms with van der Waals surface area (Å²) in [6, 6.07) is 7.91. The Bertz CT molecular complexity index is 1130. The van der Waals surface area contributed by atoms with E-state index < -0.39 is 17.7 Å². The number of benzene rings is 2. The van der Waals surface area contributed by atoms with Crippen LogP contribution in [0, 0.1) is 23.2 Å². The molecule has 2 aromatic rings. The molecule has 1 aliphatic heterocycles. The largest absolute Gasteiger partial charge is 0.490 e. The number of likely N-dealkylation sites (tertiary alicyclic amines) is 1. The van der Waals surface area contributed by atoms with Gasteiger partial charge in [0.15, 0.2) is 0 Å². The lowest BCUT2D eigenvalue weighted by Crippen LogP contribution is -2.36. The molecule has 39 heavy (non-hydrogen) atoms. The van der Waals surface area contributed by atoms with Crippen molar-refractivity contribution in [2.24, 2.45) is 23.2 Å². The van der Waals surface area contributed by atoms with Crippen molar-refractivity contribution in [3.63, 3.8) is 0 Å². The molecule has 0 spiro atoms. The number of carboxylic acids is 1. The molecule has 1 saturated carbocycles. The number of hydrogen-bond donors (Lipinski definition) is 1. The monoisotopic (exact) mass is 547 g/mol. The highest BCUT2D eigenvalue weighted by Gasteiger charge is 2.37. The molecule has 2 aromatic carbocycles. The second-order valence-corrected chi connectivity index (χ2v) is 12.8. The first-order chi connectivity index (χ1) is 18.3. The van der Waals surface area contributed by atoms with E-state index in [1.54, 1.807) is 18.2 Å². The number of hydrogen-bond acceptors (Lipinski definition) is 3. The third-order valence-corrected chi connectivity index (χ3v) is 9.18. The number of piperidine rings is 1. The van der Waals surface area contributed by atoms with Gasteiger partial charge in [0.05, 0.1) is 17.6 Å². The molecule has 7 heteroatoms. The van der Waals surface area contributed by atoms with Crippen LogP contribution in [0.3, 0.4) is 0 Å². The summed E-state index contributed by atoms with van der Waals surface area (Å²) in [4.78, 5) is 13.6. The van der Waals surface area contributed by atoms with Gasteiger partial charge in [-0.25, -0.2) is 0 Å². The Morgan fingerprint density at radius 2 is 1.64 bits per heavy atom. The Morgan fingerprint density at radius 1 is 1.03 bits per heavy atom. The van der Waals surface area contributed by atoms with E-state index in [-0.39, 0.29) is 22.8 Å². The van der Waals surface area contributed by atoms with Gasteiger partial charge in [0.25, 0.3) is 0 Å². The van der Waals surface area contributed by atoms with Crippen LogP contribution < -0.4 is 4.74 Å². The summed E-state index contributed by atoms with van der Waals surface area (Å²) in [5.41, 5.74) is 0.353. The van der Waals surface area contributed by atoms with Gasteiger partial charge in [0.2, 0.25) is 0 Å².